The first kappa shape index (κ1) is 17.9. The first-order valence-corrected chi connectivity index (χ1v) is 8.17. The van der Waals surface area contributed by atoms with Gasteiger partial charge in [0.05, 0.1) is 11.8 Å². The molecule has 132 valence electrons. The molecule has 0 aliphatic heterocycles. The monoisotopic (exact) mass is 389 g/mol. The Morgan fingerprint density at radius 3 is 2.56 bits per heavy atom. The summed E-state index contributed by atoms with van der Waals surface area (Å²) in [6.45, 7) is 0. The lowest BCUT2D eigenvalue weighted by molar-refractivity contribution is -0.138. The van der Waals surface area contributed by atoms with Crippen molar-refractivity contribution in [1.29, 1.82) is 0 Å². The summed E-state index contributed by atoms with van der Waals surface area (Å²) >= 11 is 12.0. The molecule has 1 amide bonds. The van der Waals surface area contributed by atoms with E-state index >= 15 is 0 Å². The Morgan fingerprint density at radius 1 is 1.20 bits per heavy atom. The molecule has 1 saturated carbocycles. The molecule has 0 bridgehead atoms. The molecule has 1 N–H and O–H groups in total. The van der Waals surface area contributed by atoms with Crippen LogP contribution >= 0.6 is 23.2 Å². The van der Waals surface area contributed by atoms with Gasteiger partial charge < -0.3 is 5.32 Å². The second-order valence-electron chi connectivity index (χ2n) is 5.72. The maximum absolute atomic E-state index is 13.0. The second-order valence-corrected chi connectivity index (χ2v) is 6.56. The number of nitrogens with zero attached hydrogens (tertiary/aromatic N) is 2. The number of hydrogen-bond acceptors (Lipinski definition) is 3. The molecule has 1 aromatic heterocycles. The summed E-state index contributed by atoms with van der Waals surface area (Å²) in [6.07, 6.45) is -2.38. The molecule has 2 atom stereocenters. The van der Waals surface area contributed by atoms with Gasteiger partial charge in [0.25, 0.3) is 5.91 Å². The summed E-state index contributed by atoms with van der Waals surface area (Å²) in [5, 5.41) is 10.3. The number of benzene rings is 1. The predicted molar refractivity (Wildman–Crippen MR) is 86.7 cm³/mol. The van der Waals surface area contributed by atoms with Gasteiger partial charge in [0, 0.05) is 22.0 Å². The molecule has 0 spiro atoms. The first-order valence-electron chi connectivity index (χ1n) is 7.42. The van der Waals surface area contributed by atoms with E-state index in [0.717, 1.165) is 24.2 Å². The molecule has 1 heterocycles. The van der Waals surface area contributed by atoms with Gasteiger partial charge in [-0.2, -0.15) is 18.3 Å². The summed E-state index contributed by atoms with van der Waals surface area (Å²) in [4.78, 5) is 12.3. The minimum atomic E-state index is -4.68. The van der Waals surface area contributed by atoms with Crippen LogP contribution in [0.15, 0.2) is 30.5 Å². The third-order valence-corrected chi connectivity index (χ3v) is 4.76. The van der Waals surface area contributed by atoms with Gasteiger partial charge in [-0.1, -0.05) is 29.3 Å². The standard InChI is InChI=1S/C16H12Cl2F3N3O/c17-8-1-2-9(12(18)7-8)10-3-4-13(10)23-15(25)14-11(16(19,20)21)5-6-22-24-14/h1-2,5-7,10,13H,3-4H2,(H,23,25)/t10-,13-/m0/s1. The van der Waals surface area contributed by atoms with Crippen molar-refractivity contribution in [2.45, 2.75) is 31.0 Å². The Labute approximate surface area is 151 Å². The summed E-state index contributed by atoms with van der Waals surface area (Å²) < 4.78 is 39.0. The zero-order valence-electron chi connectivity index (χ0n) is 12.6. The van der Waals surface area contributed by atoms with E-state index in [1.54, 1.807) is 18.2 Å². The van der Waals surface area contributed by atoms with E-state index in [4.69, 9.17) is 23.2 Å². The fraction of sp³-hybridized carbons (Fsp3) is 0.312. The molecule has 9 heteroatoms. The van der Waals surface area contributed by atoms with Crippen LogP contribution < -0.4 is 5.32 Å². The smallest absolute Gasteiger partial charge is 0.347 e. The topological polar surface area (TPSA) is 54.9 Å². The van der Waals surface area contributed by atoms with Crippen LogP contribution in [0.2, 0.25) is 10.0 Å². The van der Waals surface area contributed by atoms with E-state index in [2.05, 4.69) is 15.5 Å². The predicted octanol–water partition coefficient (Wildman–Crippen LogP) is 4.48. The third-order valence-electron chi connectivity index (χ3n) is 4.19. The van der Waals surface area contributed by atoms with Crippen molar-refractivity contribution in [3.63, 3.8) is 0 Å². The second kappa shape index (κ2) is 6.80. The van der Waals surface area contributed by atoms with Gasteiger partial charge in [0.2, 0.25) is 0 Å². The van der Waals surface area contributed by atoms with E-state index < -0.39 is 23.3 Å². The Bertz CT molecular complexity index is 813. The normalized spacial score (nSPS) is 20.0. The fourth-order valence-corrected chi connectivity index (χ4v) is 3.36. The molecular formula is C16H12Cl2F3N3O. The summed E-state index contributed by atoms with van der Waals surface area (Å²) in [7, 11) is 0. The molecule has 1 aliphatic carbocycles. The maximum Gasteiger partial charge on any atom is 0.418 e. The van der Waals surface area contributed by atoms with Gasteiger partial charge in [-0.05, 0) is 36.6 Å². The molecular weight excluding hydrogens is 378 g/mol. The Hall–Kier alpha value is -1.86. The lowest BCUT2D eigenvalue weighted by atomic mass is 9.75. The van der Waals surface area contributed by atoms with Crippen LogP contribution in [0, 0.1) is 0 Å². The maximum atomic E-state index is 13.0. The zero-order valence-corrected chi connectivity index (χ0v) is 14.2. The largest absolute Gasteiger partial charge is 0.418 e. The lowest BCUT2D eigenvalue weighted by Crippen LogP contribution is -2.46. The highest BCUT2D eigenvalue weighted by Crippen LogP contribution is 2.41. The molecule has 1 aromatic carbocycles. The van der Waals surface area contributed by atoms with Crippen LogP contribution in [0.5, 0.6) is 0 Å². The molecule has 4 nitrogen and oxygen atoms in total. The highest BCUT2D eigenvalue weighted by molar-refractivity contribution is 6.35. The van der Waals surface area contributed by atoms with E-state index in [9.17, 15) is 18.0 Å². The van der Waals surface area contributed by atoms with Crippen molar-refractivity contribution in [3.05, 3.63) is 57.3 Å². The first-order chi connectivity index (χ1) is 11.8. The van der Waals surface area contributed by atoms with Crippen LogP contribution in [0.25, 0.3) is 0 Å². The molecule has 25 heavy (non-hydrogen) atoms. The highest BCUT2D eigenvalue weighted by atomic mass is 35.5. The van der Waals surface area contributed by atoms with E-state index in [1.807, 2.05) is 0 Å². The van der Waals surface area contributed by atoms with Crippen molar-refractivity contribution in [3.8, 4) is 0 Å². The van der Waals surface area contributed by atoms with Crippen LogP contribution in [0.3, 0.4) is 0 Å². The SMILES string of the molecule is O=C(N[C@H]1CC[C@H]1c1ccc(Cl)cc1Cl)c1nnccc1C(F)(F)F. The fourth-order valence-electron chi connectivity index (χ4n) is 2.81. The van der Waals surface area contributed by atoms with Crippen molar-refractivity contribution in [2.24, 2.45) is 0 Å². The third kappa shape index (κ3) is 3.72. The number of halogens is 5. The number of alkyl halides is 3. The summed E-state index contributed by atoms with van der Waals surface area (Å²) in [5.74, 6) is -0.986. The Kier molecular flexibility index (Phi) is 4.88. The van der Waals surface area contributed by atoms with Gasteiger partial charge in [0.15, 0.2) is 5.69 Å². The minimum absolute atomic E-state index is 0.0836. The Balaban J connectivity index is 1.78. The lowest BCUT2D eigenvalue weighted by Gasteiger charge is -2.38. The number of carbonyl (C=O) groups is 1. The van der Waals surface area contributed by atoms with Gasteiger partial charge in [0.1, 0.15) is 0 Å². The number of hydrogen-bond donors (Lipinski definition) is 1. The minimum Gasteiger partial charge on any atom is -0.347 e. The average Bonchev–Trinajstić information content (AvgIpc) is 2.53. The van der Waals surface area contributed by atoms with Crippen molar-refractivity contribution in [2.75, 3.05) is 0 Å². The summed E-state index contributed by atoms with van der Waals surface area (Å²) in [6, 6.07) is 5.45. The van der Waals surface area contributed by atoms with Gasteiger partial charge in [-0.15, -0.1) is 5.10 Å². The Morgan fingerprint density at radius 2 is 1.96 bits per heavy atom. The van der Waals surface area contributed by atoms with Crippen molar-refractivity contribution in [1.82, 2.24) is 15.5 Å². The molecule has 1 aliphatic rings. The number of carbonyl (C=O) groups excluding carboxylic acids is 1. The number of amides is 1. The van der Waals surface area contributed by atoms with Crippen LogP contribution in [-0.4, -0.2) is 22.1 Å². The van der Waals surface area contributed by atoms with E-state index in [1.165, 1.54) is 0 Å². The quantitative estimate of drug-likeness (QED) is 0.841. The van der Waals surface area contributed by atoms with Crippen molar-refractivity contribution < 1.29 is 18.0 Å². The van der Waals surface area contributed by atoms with Crippen molar-refractivity contribution >= 4 is 29.1 Å². The number of aromatic nitrogens is 2. The summed E-state index contributed by atoms with van der Waals surface area (Å²) in [5.41, 5.74) is -1.04. The van der Waals surface area contributed by atoms with Gasteiger partial charge >= 0.3 is 6.18 Å². The van der Waals surface area contributed by atoms with Gasteiger partial charge in [-0.25, -0.2) is 0 Å². The molecule has 2 aromatic rings. The molecule has 0 saturated heterocycles. The molecule has 0 radical (unpaired) electrons. The number of nitrogens with one attached hydrogen (secondary N) is 1. The molecule has 3 rings (SSSR count). The highest BCUT2D eigenvalue weighted by Gasteiger charge is 2.39. The molecule has 0 unspecified atom stereocenters. The van der Waals surface area contributed by atoms with Crippen LogP contribution in [0.1, 0.15) is 40.4 Å². The average molecular weight is 390 g/mol. The van der Waals surface area contributed by atoms with E-state index in [-0.39, 0.29) is 12.0 Å². The van der Waals surface area contributed by atoms with E-state index in [0.29, 0.717) is 16.5 Å². The zero-order chi connectivity index (χ0) is 18.2. The van der Waals surface area contributed by atoms with Gasteiger partial charge in [-0.3, -0.25) is 4.79 Å². The van der Waals surface area contributed by atoms with Crippen LogP contribution in [0.4, 0.5) is 13.2 Å². The molecule has 1 fully saturated rings. The van der Waals surface area contributed by atoms with Crippen LogP contribution in [-0.2, 0) is 6.18 Å². The number of rotatable bonds is 3.